The second-order valence-electron chi connectivity index (χ2n) is 22.9. The summed E-state index contributed by atoms with van der Waals surface area (Å²) in [6.07, 6.45) is 7.38. The van der Waals surface area contributed by atoms with E-state index in [-0.39, 0.29) is 48.6 Å². The highest BCUT2D eigenvalue weighted by Crippen LogP contribution is 2.42. The molecule has 0 unspecified atom stereocenters. The van der Waals surface area contributed by atoms with Gasteiger partial charge in [0, 0.05) is 93.2 Å². The molecule has 5 aliphatic rings. The lowest BCUT2D eigenvalue weighted by molar-refractivity contribution is -0.155. The van der Waals surface area contributed by atoms with E-state index >= 15 is 0 Å². The molecule has 0 aliphatic carbocycles. The van der Waals surface area contributed by atoms with Crippen LogP contribution >= 0.6 is 0 Å². The van der Waals surface area contributed by atoms with Crippen LogP contribution in [-0.4, -0.2) is 142 Å². The van der Waals surface area contributed by atoms with E-state index in [1.165, 1.54) is 15.5 Å². The van der Waals surface area contributed by atoms with Crippen LogP contribution < -0.4 is 15.6 Å². The fraction of sp³-hybridized carbons (Fsp3) is 0.643. The van der Waals surface area contributed by atoms with Crippen LogP contribution in [0.3, 0.4) is 0 Å². The Hall–Kier alpha value is -5.46. The smallest absolute Gasteiger partial charge is 0.324 e. The number of pyridine rings is 1. The number of anilines is 1. The van der Waals surface area contributed by atoms with Crippen molar-refractivity contribution in [2.75, 3.05) is 64.4 Å². The number of hydrogen-bond donors (Lipinski definition) is 2. The molecule has 0 radical (unpaired) electrons. The molecule has 5 atom stereocenters. The predicted molar refractivity (Wildman–Crippen MR) is 277 cm³/mol. The fourth-order valence-electron chi connectivity index (χ4n) is 11.7. The van der Waals surface area contributed by atoms with E-state index in [2.05, 4.69) is 95.8 Å². The summed E-state index contributed by atoms with van der Waals surface area (Å²) in [6.45, 7) is 24.1. The SMILES string of the molecule is CCn1c(-c2cccnc2C(C)C)c2c3cc(ccc31)N1CCC[C@@H](C[C@H](NC(=O)[C@H](C(C)C)N(C)C(=O)[C@H]3CCN(C(=O)C#CC(C)(C)N4CCC4)C3)C(=O)N3CCC[C@H](N3)C(=O)OCC(C)(C)C2)C1. The van der Waals surface area contributed by atoms with Gasteiger partial charge in [-0.3, -0.25) is 38.9 Å². The van der Waals surface area contributed by atoms with Gasteiger partial charge in [-0.2, -0.15) is 0 Å². The molecule has 2 N–H and O–H groups in total. The van der Waals surface area contributed by atoms with Crippen LogP contribution in [0.4, 0.5) is 5.69 Å². The average molecular weight is 974 g/mol. The number of rotatable bonds is 9. The molecule has 0 saturated carbocycles. The maximum atomic E-state index is 14.9. The van der Waals surface area contributed by atoms with Gasteiger partial charge in [-0.15, -0.1) is 0 Å². The molecular weight excluding hydrogens is 895 g/mol. The van der Waals surface area contributed by atoms with Gasteiger partial charge in [0.2, 0.25) is 11.8 Å². The Kier molecular flexibility index (Phi) is 15.6. The zero-order chi connectivity index (χ0) is 50.9. The molecule has 4 saturated heterocycles. The molecule has 4 amide bonds. The van der Waals surface area contributed by atoms with Crippen molar-refractivity contribution in [2.24, 2.45) is 23.2 Å². The second kappa shape index (κ2) is 21.3. The van der Waals surface area contributed by atoms with Crippen molar-refractivity contribution in [2.45, 2.75) is 150 Å². The Morgan fingerprint density at radius 3 is 2.45 bits per heavy atom. The quantitative estimate of drug-likeness (QED) is 0.183. The third kappa shape index (κ3) is 11.1. The monoisotopic (exact) mass is 974 g/mol. The van der Waals surface area contributed by atoms with Gasteiger partial charge in [-0.1, -0.05) is 47.5 Å². The number of nitrogens with zero attached hydrogens (tertiary/aromatic N) is 7. The Labute approximate surface area is 421 Å². The average Bonchev–Trinajstić information content (AvgIpc) is 3.94. The first-order chi connectivity index (χ1) is 33.8. The summed E-state index contributed by atoms with van der Waals surface area (Å²) in [6, 6.07) is 8.43. The lowest BCUT2D eigenvalue weighted by Gasteiger charge is -2.41. The van der Waals surface area contributed by atoms with E-state index in [9.17, 15) is 24.0 Å². The van der Waals surface area contributed by atoms with Crippen molar-refractivity contribution in [3.05, 3.63) is 47.8 Å². The summed E-state index contributed by atoms with van der Waals surface area (Å²) in [5.74, 6) is 3.85. The van der Waals surface area contributed by atoms with Gasteiger partial charge in [0.05, 0.1) is 29.5 Å². The molecule has 4 fully saturated rings. The molecular formula is C56H79N9O6. The number of nitrogens with one attached hydrogen (secondary N) is 2. The number of carbonyl (C=O) groups is 5. The zero-order valence-electron chi connectivity index (χ0n) is 44.1. The Bertz CT molecular complexity index is 2550. The molecule has 8 rings (SSSR count). The molecule has 2 aromatic heterocycles. The molecule has 6 bridgehead atoms. The lowest BCUT2D eigenvalue weighted by atomic mass is 9.84. The van der Waals surface area contributed by atoms with E-state index in [0.717, 1.165) is 79.0 Å². The van der Waals surface area contributed by atoms with E-state index in [4.69, 9.17) is 9.72 Å². The number of aryl methyl sites for hydroxylation is 1. The molecule has 15 nitrogen and oxygen atoms in total. The first-order valence-electron chi connectivity index (χ1n) is 26.5. The van der Waals surface area contributed by atoms with Crippen molar-refractivity contribution in [1.29, 1.82) is 0 Å². The normalized spacial score (nSPS) is 23.7. The number of likely N-dealkylation sites (tertiary alicyclic amines) is 2. The molecule has 1 aromatic carbocycles. The summed E-state index contributed by atoms with van der Waals surface area (Å²) in [7, 11) is 1.65. The van der Waals surface area contributed by atoms with Crippen LogP contribution in [0.5, 0.6) is 0 Å². The highest BCUT2D eigenvalue weighted by atomic mass is 16.5. The summed E-state index contributed by atoms with van der Waals surface area (Å²) in [5, 5.41) is 5.84. The zero-order valence-corrected chi connectivity index (χ0v) is 44.1. The van der Waals surface area contributed by atoms with Gasteiger partial charge in [-0.05, 0) is 132 Å². The van der Waals surface area contributed by atoms with E-state index < -0.39 is 46.9 Å². The topological polar surface area (TPSA) is 153 Å². The number of cyclic esters (lactones) is 1. The van der Waals surface area contributed by atoms with Crippen LogP contribution in [-0.2, 0) is 41.7 Å². The molecule has 3 aromatic rings. The second-order valence-corrected chi connectivity index (χ2v) is 22.9. The van der Waals surface area contributed by atoms with Gasteiger partial charge in [0.15, 0.2) is 0 Å². The van der Waals surface area contributed by atoms with Gasteiger partial charge in [0.25, 0.3) is 11.8 Å². The molecule has 7 heterocycles. The van der Waals surface area contributed by atoms with Gasteiger partial charge >= 0.3 is 5.97 Å². The standard InChI is InChI=1S/C56H79N9O6/c1-11-64-46-20-19-40-31-42(46)43(50(64)41-17-12-24-57-48(41)36(2)3)32-55(6,7)35-71-54(70)44-18-14-28-65(59-44)53(69)45(30-38-16-13-25-61(40)33-38)58-51(67)49(37(4)5)60(10)52(68)39-22-29-62(34-39)47(66)21-23-56(8,9)63-26-15-27-63/h12,17,19-20,24,31,36-39,44-45,49,59H,11,13-16,18,22,25-30,32-35H2,1-10H3,(H,58,67)/t38-,39-,44-,45-,49-/m0/s1. The van der Waals surface area contributed by atoms with Crippen molar-refractivity contribution >= 4 is 46.2 Å². The summed E-state index contributed by atoms with van der Waals surface area (Å²) < 4.78 is 8.58. The van der Waals surface area contributed by atoms with Crippen LogP contribution in [0, 0.1) is 35.0 Å². The number of hydrazine groups is 1. The minimum atomic E-state index is -0.930. The van der Waals surface area contributed by atoms with E-state index in [1.807, 2.05) is 40.0 Å². The number of carbonyl (C=O) groups excluding carboxylic acids is 5. The van der Waals surface area contributed by atoms with E-state index in [0.29, 0.717) is 51.7 Å². The number of amides is 4. The molecule has 384 valence electrons. The minimum Gasteiger partial charge on any atom is -0.464 e. The number of likely N-dealkylation sites (N-methyl/N-ethyl adjacent to an activating group) is 1. The van der Waals surface area contributed by atoms with Crippen molar-refractivity contribution in [1.82, 2.24) is 40.0 Å². The van der Waals surface area contributed by atoms with Crippen LogP contribution in [0.1, 0.15) is 124 Å². The predicted octanol–water partition coefficient (Wildman–Crippen LogP) is 6.38. The van der Waals surface area contributed by atoms with Gasteiger partial charge < -0.3 is 29.3 Å². The number of esters is 1. The summed E-state index contributed by atoms with van der Waals surface area (Å²) in [4.78, 5) is 83.8. The largest absolute Gasteiger partial charge is 0.464 e. The number of fused-ring (bicyclic) bond motifs is 6. The highest BCUT2D eigenvalue weighted by Gasteiger charge is 2.41. The van der Waals surface area contributed by atoms with Crippen molar-refractivity contribution in [3.63, 3.8) is 0 Å². The summed E-state index contributed by atoms with van der Waals surface area (Å²) >= 11 is 0. The Morgan fingerprint density at radius 2 is 1.75 bits per heavy atom. The Morgan fingerprint density at radius 1 is 0.986 bits per heavy atom. The highest BCUT2D eigenvalue weighted by molar-refractivity contribution is 5.96. The molecule has 0 spiro atoms. The molecule has 71 heavy (non-hydrogen) atoms. The maximum absolute atomic E-state index is 14.9. The third-order valence-corrected chi connectivity index (χ3v) is 15.8. The summed E-state index contributed by atoms with van der Waals surface area (Å²) in [5.41, 5.74) is 9.13. The minimum absolute atomic E-state index is 0.0507. The Balaban J connectivity index is 1.07. The lowest BCUT2D eigenvalue weighted by Crippen LogP contribution is -2.62. The number of benzene rings is 1. The molecule has 5 aliphatic heterocycles. The first-order valence-corrected chi connectivity index (χ1v) is 26.5. The fourth-order valence-corrected chi connectivity index (χ4v) is 11.7. The van der Waals surface area contributed by atoms with Crippen molar-refractivity contribution in [3.8, 4) is 23.1 Å². The van der Waals surface area contributed by atoms with Gasteiger partial charge in [0.1, 0.15) is 18.1 Å². The van der Waals surface area contributed by atoms with Gasteiger partial charge in [-0.25, -0.2) is 5.43 Å². The number of hydrogen-bond acceptors (Lipinski definition) is 10. The van der Waals surface area contributed by atoms with Crippen LogP contribution in [0.15, 0.2) is 36.5 Å². The number of piperidine rings is 1. The van der Waals surface area contributed by atoms with Crippen LogP contribution in [0.2, 0.25) is 0 Å². The molecule has 15 heteroatoms. The van der Waals surface area contributed by atoms with Crippen molar-refractivity contribution < 1.29 is 28.7 Å². The third-order valence-electron chi connectivity index (χ3n) is 15.8. The first kappa shape index (κ1) is 51.9. The number of aromatic nitrogens is 2. The maximum Gasteiger partial charge on any atom is 0.324 e. The van der Waals surface area contributed by atoms with E-state index in [1.54, 1.807) is 11.9 Å². The van der Waals surface area contributed by atoms with Crippen LogP contribution in [0.25, 0.3) is 22.2 Å². The number of ether oxygens (including phenoxy) is 1.